The van der Waals surface area contributed by atoms with Gasteiger partial charge in [0.1, 0.15) is 23.4 Å². The minimum atomic E-state index is -0.364. The Kier molecular flexibility index (Phi) is 5.18. The molecule has 3 N–H and O–H groups in total. The van der Waals surface area contributed by atoms with E-state index in [0.29, 0.717) is 30.0 Å². The molecule has 0 spiro atoms. The predicted octanol–water partition coefficient (Wildman–Crippen LogP) is 2.65. The molecule has 1 aromatic heterocycles. The van der Waals surface area contributed by atoms with Crippen LogP contribution in [-0.4, -0.2) is 18.5 Å². The molecule has 2 unspecified atom stereocenters. The number of furan rings is 1. The highest BCUT2D eigenvalue weighted by Gasteiger charge is 2.31. The number of hydrogen-bond acceptors (Lipinski definition) is 4. The molecule has 1 amide bonds. The Morgan fingerprint density at radius 1 is 1.38 bits per heavy atom. The quantitative estimate of drug-likeness (QED) is 0.774. The average Bonchev–Trinajstić information content (AvgIpc) is 3.19. The molecule has 1 aliphatic heterocycles. The van der Waals surface area contributed by atoms with Gasteiger partial charge >= 0.3 is 0 Å². The summed E-state index contributed by atoms with van der Waals surface area (Å²) < 4.78 is 19.3. The van der Waals surface area contributed by atoms with Crippen molar-refractivity contribution in [1.82, 2.24) is 16.2 Å². The fraction of sp³-hybridized carbons (Fsp3) is 0.353. The fourth-order valence-electron chi connectivity index (χ4n) is 2.76. The van der Waals surface area contributed by atoms with Crippen molar-refractivity contribution in [2.75, 3.05) is 6.54 Å². The van der Waals surface area contributed by atoms with Crippen molar-refractivity contribution in [2.24, 2.45) is 0 Å². The number of benzene rings is 1. The molecule has 24 heavy (non-hydrogen) atoms. The molecular formula is C17H19ClFN3O2. The van der Waals surface area contributed by atoms with Gasteiger partial charge in [0.25, 0.3) is 0 Å². The molecule has 1 aliphatic rings. The second-order valence-electron chi connectivity index (χ2n) is 5.82. The van der Waals surface area contributed by atoms with E-state index >= 15 is 0 Å². The van der Waals surface area contributed by atoms with E-state index in [9.17, 15) is 9.18 Å². The van der Waals surface area contributed by atoms with Crippen molar-refractivity contribution < 1.29 is 13.6 Å². The van der Waals surface area contributed by atoms with Crippen LogP contribution in [0.3, 0.4) is 0 Å². The highest BCUT2D eigenvalue weighted by Crippen LogP contribution is 2.24. The summed E-state index contributed by atoms with van der Waals surface area (Å²) in [5.41, 5.74) is 6.44. The van der Waals surface area contributed by atoms with Gasteiger partial charge in [-0.2, -0.15) is 0 Å². The van der Waals surface area contributed by atoms with Gasteiger partial charge in [0.2, 0.25) is 5.91 Å². The lowest BCUT2D eigenvalue weighted by molar-refractivity contribution is -0.122. The first-order chi connectivity index (χ1) is 11.5. The highest BCUT2D eigenvalue weighted by molar-refractivity contribution is 6.31. The van der Waals surface area contributed by atoms with Crippen molar-refractivity contribution in [3.63, 3.8) is 0 Å². The van der Waals surface area contributed by atoms with Crippen molar-refractivity contribution in [3.8, 4) is 0 Å². The van der Waals surface area contributed by atoms with Crippen molar-refractivity contribution in [2.45, 2.75) is 31.8 Å². The maximum atomic E-state index is 13.7. The van der Waals surface area contributed by atoms with E-state index in [2.05, 4.69) is 16.2 Å². The number of carbonyl (C=O) groups excluding carboxylic acids is 1. The summed E-state index contributed by atoms with van der Waals surface area (Å²) in [5, 5.41) is 3.18. The molecule has 7 heteroatoms. The third kappa shape index (κ3) is 3.77. The van der Waals surface area contributed by atoms with Crippen LogP contribution in [0.1, 0.15) is 29.5 Å². The van der Waals surface area contributed by atoms with Gasteiger partial charge in [-0.05, 0) is 44.0 Å². The number of amides is 1. The molecular weight excluding hydrogens is 333 g/mol. The van der Waals surface area contributed by atoms with Gasteiger partial charge in [-0.1, -0.05) is 17.7 Å². The first-order valence-corrected chi connectivity index (χ1v) is 8.20. The number of hydrazine groups is 1. The Hall–Kier alpha value is -1.89. The highest BCUT2D eigenvalue weighted by atomic mass is 35.5. The summed E-state index contributed by atoms with van der Waals surface area (Å²) in [5.74, 6) is 1.14. The molecule has 1 fully saturated rings. The van der Waals surface area contributed by atoms with Crippen LogP contribution >= 0.6 is 11.6 Å². The van der Waals surface area contributed by atoms with E-state index in [-0.39, 0.29) is 23.8 Å². The summed E-state index contributed by atoms with van der Waals surface area (Å²) in [6.45, 7) is 2.20. The molecule has 0 aliphatic carbocycles. The zero-order valence-electron chi connectivity index (χ0n) is 13.2. The Balaban J connectivity index is 1.49. The Labute approximate surface area is 144 Å². The summed E-state index contributed by atoms with van der Waals surface area (Å²) >= 11 is 5.98. The molecule has 2 atom stereocenters. The lowest BCUT2D eigenvalue weighted by Gasteiger charge is -2.11. The predicted molar refractivity (Wildman–Crippen MR) is 89.0 cm³/mol. The largest absolute Gasteiger partial charge is 0.465 e. The third-order valence-corrected chi connectivity index (χ3v) is 4.41. The second-order valence-corrected chi connectivity index (χ2v) is 6.23. The van der Waals surface area contributed by atoms with Crippen LogP contribution in [0.2, 0.25) is 5.02 Å². The number of halogens is 2. The van der Waals surface area contributed by atoms with Gasteiger partial charge in [0, 0.05) is 17.1 Å². The van der Waals surface area contributed by atoms with Gasteiger partial charge in [0.05, 0.1) is 6.04 Å². The van der Waals surface area contributed by atoms with Crippen LogP contribution in [-0.2, 0) is 11.2 Å². The SMILES string of the molecule is Cc1ccc(C2CC(C(=O)NCCc3c(F)cccc3Cl)NN2)o1. The van der Waals surface area contributed by atoms with Gasteiger partial charge in [-0.3, -0.25) is 4.79 Å². The Morgan fingerprint density at radius 2 is 2.21 bits per heavy atom. The molecule has 1 aromatic carbocycles. The zero-order valence-corrected chi connectivity index (χ0v) is 14.0. The third-order valence-electron chi connectivity index (χ3n) is 4.06. The first-order valence-electron chi connectivity index (χ1n) is 7.82. The smallest absolute Gasteiger partial charge is 0.238 e. The van der Waals surface area contributed by atoms with E-state index in [1.807, 2.05) is 19.1 Å². The molecule has 2 aromatic rings. The van der Waals surface area contributed by atoms with Gasteiger partial charge in [-0.15, -0.1) is 0 Å². The van der Waals surface area contributed by atoms with Crippen LogP contribution in [0.4, 0.5) is 4.39 Å². The van der Waals surface area contributed by atoms with Gasteiger partial charge < -0.3 is 9.73 Å². The monoisotopic (exact) mass is 351 g/mol. The van der Waals surface area contributed by atoms with Gasteiger partial charge in [0.15, 0.2) is 0 Å². The number of hydrogen-bond donors (Lipinski definition) is 3. The van der Waals surface area contributed by atoms with Crippen molar-refractivity contribution in [1.29, 1.82) is 0 Å². The lowest BCUT2D eigenvalue weighted by Crippen LogP contribution is -2.43. The zero-order chi connectivity index (χ0) is 17.1. The number of rotatable bonds is 5. The van der Waals surface area contributed by atoms with Crippen LogP contribution in [0.15, 0.2) is 34.7 Å². The van der Waals surface area contributed by atoms with E-state index in [1.165, 1.54) is 6.07 Å². The van der Waals surface area contributed by atoms with Crippen molar-refractivity contribution in [3.05, 3.63) is 58.3 Å². The Bertz CT molecular complexity index is 714. The van der Waals surface area contributed by atoms with Crippen LogP contribution in [0, 0.1) is 12.7 Å². The molecule has 0 saturated carbocycles. The Morgan fingerprint density at radius 3 is 2.92 bits per heavy atom. The van der Waals surface area contributed by atoms with Crippen LogP contribution in [0.5, 0.6) is 0 Å². The fourth-order valence-corrected chi connectivity index (χ4v) is 3.02. The molecule has 128 valence electrons. The molecule has 1 saturated heterocycles. The molecule has 0 radical (unpaired) electrons. The summed E-state index contributed by atoms with van der Waals surface area (Å²) in [7, 11) is 0. The normalized spacial score (nSPS) is 20.3. The first kappa shape index (κ1) is 17.0. The summed E-state index contributed by atoms with van der Waals surface area (Å²) in [6.07, 6.45) is 0.928. The second kappa shape index (κ2) is 7.34. The number of carbonyl (C=O) groups is 1. The van der Waals surface area contributed by atoms with Crippen LogP contribution in [0.25, 0.3) is 0 Å². The van der Waals surface area contributed by atoms with E-state index in [0.717, 1.165) is 11.5 Å². The van der Waals surface area contributed by atoms with Crippen LogP contribution < -0.4 is 16.2 Å². The van der Waals surface area contributed by atoms with E-state index in [1.54, 1.807) is 12.1 Å². The minimum absolute atomic E-state index is 0.0459. The molecule has 3 rings (SSSR count). The number of nitrogens with one attached hydrogen (secondary N) is 3. The maximum absolute atomic E-state index is 13.7. The topological polar surface area (TPSA) is 66.3 Å². The molecule has 0 bridgehead atoms. The molecule has 2 heterocycles. The summed E-state index contributed by atoms with van der Waals surface area (Å²) in [4.78, 5) is 12.2. The summed E-state index contributed by atoms with van der Waals surface area (Å²) in [6, 6.07) is 7.94. The van der Waals surface area contributed by atoms with E-state index in [4.69, 9.17) is 16.0 Å². The standard InChI is InChI=1S/C17H19ClFN3O2/c1-10-5-6-16(24-10)14-9-15(22-21-14)17(23)20-8-7-11-12(18)3-2-4-13(11)19/h2-6,14-15,21-22H,7-9H2,1H3,(H,20,23). The van der Waals surface area contributed by atoms with Gasteiger partial charge in [-0.25, -0.2) is 15.2 Å². The molecule has 5 nitrogen and oxygen atoms in total. The lowest BCUT2D eigenvalue weighted by atomic mass is 10.1. The number of aryl methyl sites for hydroxylation is 1. The average molecular weight is 352 g/mol. The minimum Gasteiger partial charge on any atom is -0.465 e. The van der Waals surface area contributed by atoms with Crippen molar-refractivity contribution >= 4 is 17.5 Å². The maximum Gasteiger partial charge on any atom is 0.238 e. The van der Waals surface area contributed by atoms with E-state index < -0.39 is 0 Å².